The molecule has 1 aromatic rings. The van der Waals surface area contributed by atoms with Gasteiger partial charge in [0.15, 0.2) is 0 Å². The van der Waals surface area contributed by atoms with Crippen LogP contribution in [0.15, 0.2) is 24.3 Å². The SMILES string of the molecule is COc1ccc(C2CCN(C(=O)O)CC2C=O)cc1. The number of carbonyl (C=O) groups excluding carboxylic acids is 1. The van der Waals surface area contributed by atoms with E-state index in [1.54, 1.807) is 7.11 Å². The first-order valence-corrected chi connectivity index (χ1v) is 6.23. The van der Waals surface area contributed by atoms with Crippen LogP contribution in [0.2, 0.25) is 0 Å². The monoisotopic (exact) mass is 263 g/mol. The highest BCUT2D eigenvalue weighted by atomic mass is 16.5. The van der Waals surface area contributed by atoms with Crippen LogP contribution < -0.4 is 4.74 Å². The van der Waals surface area contributed by atoms with Crippen molar-refractivity contribution in [3.63, 3.8) is 0 Å². The summed E-state index contributed by atoms with van der Waals surface area (Å²) in [6.07, 6.45) is 0.575. The molecule has 1 amide bonds. The first-order chi connectivity index (χ1) is 9.15. The van der Waals surface area contributed by atoms with Crippen LogP contribution in [0.1, 0.15) is 17.9 Å². The van der Waals surface area contributed by atoms with E-state index in [0.717, 1.165) is 17.6 Å². The largest absolute Gasteiger partial charge is 0.497 e. The molecule has 5 nitrogen and oxygen atoms in total. The fourth-order valence-electron chi connectivity index (χ4n) is 2.56. The summed E-state index contributed by atoms with van der Waals surface area (Å²) in [6, 6.07) is 7.61. The van der Waals surface area contributed by atoms with Gasteiger partial charge in [0.1, 0.15) is 12.0 Å². The summed E-state index contributed by atoms with van der Waals surface area (Å²) >= 11 is 0. The number of benzene rings is 1. The van der Waals surface area contributed by atoms with Crippen molar-refractivity contribution in [3.05, 3.63) is 29.8 Å². The fourth-order valence-corrected chi connectivity index (χ4v) is 2.56. The van der Waals surface area contributed by atoms with Crippen LogP contribution >= 0.6 is 0 Å². The van der Waals surface area contributed by atoms with Crippen molar-refractivity contribution in [3.8, 4) is 5.75 Å². The summed E-state index contributed by atoms with van der Waals surface area (Å²) in [5.74, 6) is 0.576. The highest BCUT2D eigenvalue weighted by Crippen LogP contribution is 2.32. The van der Waals surface area contributed by atoms with Crippen molar-refractivity contribution < 1.29 is 19.4 Å². The molecule has 0 bridgehead atoms. The molecule has 1 aliphatic heterocycles. The van der Waals surface area contributed by atoms with E-state index in [0.29, 0.717) is 13.0 Å². The molecule has 0 aliphatic carbocycles. The van der Waals surface area contributed by atoms with E-state index in [-0.39, 0.29) is 18.4 Å². The Hall–Kier alpha value is -2.04. The Bertz CT molecular complexity index is 457. The molecular formula is C14H17NO4. The van der Waals surface area contributed by atoms with Crippen LogP contribution in [0.5, 0.6) is 5.75 Å². The molecule has 2 rings (SSSR count). The lowest BCUT2D eigenvalue weighted by Crippen LogP contribution is -2.42. The van der Waals surface area contributed by atoms with E-state index in [1.165, 1.54) is 4.90 Å². The number of hydrogen-bond acceptors (Lipinski definition) is 3. The van der Waals surface area contributed by atoms with E-state index < -0.39 is 6.09 Å². The Morgan fingerprint density at radius 3 is 2.63 bits per heavy atom. The molecule has 2 atom stereocenters. The molecule has 1 aromatic carbocycles. The summed E-state index contributed by atoms with van der Waals surface area (Å²) in [4.78, 5) is 23.4. The Morgan fingerprint density at radius 1 is 1.42 bits per heavy atom. The maximum atomic E-state index is 11.2. The molecule has 19 heavy (non-hydrogen) atoms. The van der Waals surface area contributed by atoms with Crippen LogP contribution in [0, 0.1) is 5.92 Å². The molecule has 1 fully saturated rings. The third-order valence-electron chi connectivity index (χ3n) is 3.65. The van der Waals surface area contributed by atoms with Gasteiger partial charge >= 0.3 is 6.09 Å². The summed E-state index contributed by atoms with van der Waals surface area (Å²) in [7, 11) is 1.61. The van der Waals surface area contributed by atoms with Gasteiger partial charge in [-0.15, -0.1) is 0 Å². The van der Waals surface area contributed by atoms with Gasteiger partial charge in [-0.25, -0.2) is 4.79 Å². The second kappa shape index (κ2) is 5.73. The summed E-state index contributed by atoms with van der Waals surface area (Å²) in [5, 5.41) is 8.97. The van der Waals surface area contributed by atoms with E-state index >= 15 is 0 Å². The van der Waals surface area contributed by atoms with Gasteiger partial charge < -0.3 is 19.5 Å². The molecule has 5 heteroatoms. The predicted molar refractivity (Wildman–Crippen MR) is 69.5 cm³/mol. The van der Waals surface area contributed by atoms with Crippen molar-refractivity contribution in [2.24, 2.45) is 5.92 Å². The van der Waals surface area contributed by atoms with Gasteiger partial charge in [0, 0.05) is 19.0 Å². The molecular weight excluding hydrogens is 246 g/mol. The van der Waals surface area contributed by atoms with Gasteiger partial charge in [-0.1, -0.05) is 12.1 Å². The first-order valence-electron chi connectivity index (χ1n) is 6.23. The summed E-state index contributed by atoms with van der Waals surface area (Å²) in [5.41, 5.74) is 1.06. The Kier molecular flexibility index (Phi) is 4.04. The molecule has 0 radical (unpaired) electrons. The number of piperidine rings is 1. The predicted octanol–water partition coefficient (Wildman–Crippen LogP) is 1.98. The maximum absolute atomic E-state index is 11.2. The van der Waals surface area contributed by atoms with Gasteiger partial charge in [0.2, 0.25) is 0 Å². The molecule has 102 valence electrons. The fraction of sp³-hybridized carbons (Fsp3) is 0.429. The minimum absolute atomic E-state index is 0.0824. The number of nitrogens with zero attached hydrogens (tertiary/aromatic N) is 1. The number of likely N-dealkylation sites (tertiary alicyclic amines) is 1. The van der Waals surface area contributed by atoms with Crippen molar-refractivity contribution in [2.45, 2.75) is 12.3 Å². The Balaban J connectivity index is 2.14. The number of hydrogen-bond donors (Lipinski definition) is 1. The average molecular weight is 263 g/mol. The zero-order chi connectivity index (χ0) is 13.8. The summed E-state index contributed by atoms with van der Waals surface area (Å²) in [6.45, 7) is 0.742. The van der Waals surface area contributed by atoms with E-state index in [2.05, 4.69) is 0 Å². The quantitative estimate of drug-likeness (QED) is 0.847. The van der Waals surface area contributed by atoms with Crippen LogP contribution in [-0.2, 0) is 4.79 Å². The summed E-state index contributed by atoms with van der Waals surface area (Å²) < 4.78 is 5.10. The maximum Gasteiger partial charge on any atom is 0.407 e. The highest BCUT2D eigenvalue weighted by Gasteiger charge is 2.32. The minimum atomic E-state index is -0.958. The average Bonchev–Trinajstić information content (AvgIpc) is 2.46. The van der Waals surface area contributed by atoms with E-state index in [1.807, 2.05) is 24.3 Å². The van der Waals surface area contributed by atoms with E-state index in [4.69, 9.17) is 9.84 Å². The van der Waals surface area contributed by atoms with Gasteiger partial charge in [-0.3, -0.25) is 0 Å². The lowest BCUT2D eigenvalue weighted by molar-refractivity contribution is -0.112. The molecule has 1 heterocycles. The van der Waals surface area contributed by atoms with Gasteiger partial charge in [0.25, 0.3) is 0 Å². The number of rotatable bonds is 3. The van der Waals surface area contributed by atoms with Gasteiger partial charge in [-0.05, 0) is 30.0 Å². The number of ether oxygens (including phenoxy) is 1. The number of amides is 1. The van der Waals surface area contributed by atoms with Gasteiger partial charge in [-0.2, -0.15) is 0 Å². The number of carbonyl (C=O) groups is 2. The molecule has 1 aliphatic rings. The normalized spacial score (nSPS) is 22.9. The van der Waals surface area contributed by atoms with Crippen LogP contribution in [0.3, 0.4) is 0 Å². The topological polar surface area (TPSA) is 66.8 Å². The number of aldehydes is 1. The van der Waals surface area contributed by atoms with Crippen molar-refractivity contribution in [1.29, 1.82) is 0 Å². The zero-order valence-corrected chi connectivity index (χ0v) is 10.8. The van der Waals surface area contributed by atoms with Crippen LogP contribution in [0.25, 0.3) is 0 Å². The molecule has 0 spiro atoms. The zero-order valence-electron chi connectivity index (χ0n) is 10.8. The highest BCUT2D eigenvalue weighted by molar-refractivity contribution is 5.67. The smallest absolute Gasteiger partial charge is 0.407 e. The van der Waals surface area contributed by atoms with Crippen LogP contribution in [-0.4, -0.2) is 42.6 Å². The number of methoxy groups -OCH3 is 1. The van der Waals surface area contributed by atoms with E-state index in [9.17, 15) is 9.59 Å². The standard InChI is InChI=1S/C14H17NO4/c1-19-12-4-2-10(3-5-12)13-6-7-15(14(17)18)8-11(13)9-16/h2-5,9,11,13H,6-8H2,1H3,(H,17,18). The second-order valence-corrected chi connectivity index (χ2v) is 4.70. The Labute approximate surface area is 111 Å². The molecule has 1 N–H and O–H groups in total. The minimum Gasteiger partial charge on any atom is -0.497 e. The molecule has 1 saturated heterocycles. The molecule has 2 unspecified atom stereocenters. The molecule has 0 saturated carbocycles. The third-order valence-corrected chi connectivity index (χ3v) is 3.65. The van der Waals surface area contributed by atoms with Crippen molar-refractivity contribution in [1.82, 2.24) is 4.90 Å². The lowest BCUT2D eigenvalue weighted by Gasteiger charge is -2.34. The second-order valence-electron chi connectivity index (χ2n) is 4.70. The number of carboxylic acid groups (broad SMARTS) is 1. The third kappa shape index (κ3) is 2.86. The van der Waals surface area contributed by atoms with Crippen molar-refractivity contribution >= 4 is 12.4 Å². The van der Waals surface area contributed by atoms with Crippen LogP contribution in [0.4, 0.5) is 4.79 Å². The lowest BCUT2D eigenvalue weighted by atomic mass is 9.81. The van der Waals surface area contributed by atoms with Crippen molar-refractivity contribution in [2.75, 3.05) is 20.2 Å². The Morgan fingerprint density at radius 2 is 2.11 bits per heavy atom. The first kappa shape index (κ1) is 13.4. The van der Waals surface area contributed by atoms with Gasteiger partial charge in [0.05, 0.1) is 7.11 Å². The molecule has 0 aromatic heterocycles.